The second kappa shape index (κ2) is 6.47. The number of aliphatic hydroxyl groups is 1. The molecule has 0 aliphatic carbocycles. The summed E-state index contributed by atoms with van der Waals surface area (Å²) in [5.74, 6) is 0.520. The fourth-order valence-electron chi connectivity index (χ4n) is 1.26. The second-order valence-corrected chi connectivity index (χ2v) is 3.46. The number of hydrogen-bond donors (Lipinski definition) is 2. The van der Waals surface area contributed by atoms with Gasteiger partial charge in [-0.2, -0.15) is 4.98 Å². The third kappa shape index (κ3) is 3.48. The summed E-state index contributed by atoms with van der Waals surface area (Å²) in [5, 5.41) is 9.09. The molecule has 0 saturated heterocycles. The lowest BCUT2D eigenvalue weighted by Crippen LogP contribution is -2.31. The summed E-state index contributed by atoms with van der Waals surface area (Å²) < 4.78 is 4.97. The third-order valence-electron chi connectivity index (χ3n) is 2.00. The molecule has 0 spiro atoms. The standard InChI is InChI=1S/C9H15ClN4O2/c1-16-5-3-14(2-4-15)8-7(11)6-12-9(10)13-8/h6,15H,2-5,11H2,1H3. The maximum Gasteiger partial charge on any atom is 0.224 e. The molecule has 1 aromatic rings. The SMILES string of the molecule is COCCN(CCO)c1nc(Cl)ncc1N. The van der Waals surface area contributed by atoms with Crippen molar-refractivity contribution in [3.05, 3.63) is 11.5 Å². The molecule has 0 aromatic carbocycles. The molecule has 0 atom stereocenters. The van der Waals surface area contributed by atoms with Crippen molar-refractivity contribution in [2.24, 2.45) is 0 Å². The monoisotopic (exact) mass is 246 g/mol. The molecule has 0 amide bonds. The molecular weight excluding hydrogens is 232 g/mol. The Morgan fingerprint density at radius 3 is 2.94 bits per heavy atom. The number of rotatable bonds is 6. The van der Waals surface area contributed by atoms with E-state index in [1.54, 1.807) is 12.0 Å². The van der Waals surface area contributed by atoms with Crippen LogP contribution in [0.25, 0.3) is 0 Å². The molecule has 0 aliphatic rings. The van der Waals surface area contributed by atoms with Crippen LogP contribution in [-0.4, -0.2) is 48.5 Å². The van der Waals surface area contributed by atoms with Crippen LogP contribution >= 0.6 is 11.6 Å². The first kappa shape index (κ1) is 13.0. The van der Waals surface area contributed by atoms with Gasteiger partial charge in [0.15, 0.2) is 5.82 Å². The minimum Gasteiger partial charge on any atom is -0.395 e. The van der Waals surface area contributed by atoms with E-state index in [4.69, 9.17) is 27.2 Å². The maximum absolute atomic E-state index is 8.96. The summed E-state index contributed by atoms with van der Waals surface area (Å²) >= 11 is 5.70. The molecule has 1 aromatic heterocycles. The average Bonchev–Trinajstić information content (AvgIpc) is 2.28. The van der Waals surface area contributed by atoms with Gasteiger partial charge >= 0.3 is 0 Å². The molecule has 6 nitrogen and oxygen atoms in total. The first-order chi connectivity index (χ1) is 7.69. The molecule has 16 heavy (non-hydrogen) atoms. The zero-order chi connectivity index (χ0) is 12.0. The van der Waals surface area contributed by atoms with Gasteiger partial charge in [-0.05, 0) is 11.6 Å². The minimum absolute atomic E-state index is 0.00474. The van der Waals surface area contributed by atoms with Crippen LogP contribution in [0.1, 0.15) is 0 Å². The van der Waals surface area contributed by atoms with Crippen molar-refractivity contribution in [3.8, 4) is 0 Å². The zero-order valence-corrected chi connectivity index (χ0v) is 9.81. The van der Waals surface area contributed by atoms with Crippen molar-refractivity contribution in [3.63, 3.8) is 0 Å². The second-order valence-electron chi connectivity index (χ2n) is 3.12. The molecule has 7 heteroatoms. The summed E-state index contributed by atoms with van der Waals surface area (Å²) in [6.45, 7) is 1.52. The molecule has 0 radical (unpaired) electrons. The molecular formula is C9H15ClN4O2. The highest BCUT2D eigenvalue weighted by Crippen LogP contribution is 2.20. The molecule has 3 N–H and O–H groups in total. The van der Waals surface area contributed by atoms with E-state index in [1.165, 1.54) is 6.20 Å². The van der Waals surface area contributed by atoms with Crippen molar-refractivity contribution in [2.75, 3.05) is 44.0 Å². The number of hydrogen-bond acceptors (Lipinski definition) is 6. The van der Waals surface area contributed by atoms with Gasteiger partial charge in [-0.25, -0.2) is 4.98 Å². The summed E-state index contributed by atoms with van der Waals surface area (Å²) in [7, 11) is 1.60. The predicted molar refractivity (Wildman–Crippen MR) is 62.6 cm³/mol. The largest absolute Gasteiger partial charge is 0.395 e. The van der Waals surface area contributed by atoms with Gasteiger partial charge in [0.1, 0.15) is 0 Å². The van der Waals surface area contributed by atoms with Crippen LogP contribution in [0.2, 0.25) is 5.28 Å². The lowest BCUT2D eigenvalue weighted by molar-refractivity contribution is 0.202. The molecule has 0 aliphatic heterocycles. The van der Waals surface area contributed by atoms with Crippen LogP contribution in [0.15, 0.2) is 6.20 Å². The lowest BCUT2D eigenvalue weighted by Gasteiger charge is -2.23. The molecule has 1 heterocycles. The van der Waals surface area contributed by atoms with Gasteiger partial charge in [0.25, 0.3) is 0 Å². The molecule has 0 unspecified atom stereocenters. The number of nitrogens with two attached hydrogens (primary N) is 1. The number of ether oxygens (including phenoxy) is 1. The lowest BCUT2D eigenvalue weighted by atomic mass is 10.4. The van der Waals surface area contributed by atoms with Gasteiger partial charge in [-0.1, -0.05) is 0 Å². The first-order valence-electron chi connectivity index (χ1n) is 4.81. The van der Waals surface area contributed by atoms with E-state index in [0.29, 0.717) is 31.2 Å². The van der Waals surface area contributed by atoms with Crippen LogP contribution in [0.5, 0.6) is 0 Å². The Hall–Kier alpha value is -1.11. The van der Waals surface area contributed by atoms with E-state index in [2.05, 4.69) is 9.97 Å². The molecule has 1 rings (SSSR count). The Labute approximate surface area is 99.0 Å². The summed E-state index contributed by atoms with van der Waals surface area (Å²) in [5.41, 5.74) is 6.17. The Bertz CT molecular complexity index is 337. The molecule has 0 bridgehead atoms. The van der Waals surface area contributed by atoms with Gasteiger partial charge in [0, 0.05) is 20.2 Å². The fourth-order valence-corrected chi connectivity index (χ4v) is 1.39. The Kier molecular flexibility index (Phi) is 5.24. The van der Waals surface area contributed by atoms with Crippen molar-refractivity contribution in [2.45, 2.75) is 0 Å². The number of aromatic nitrogens is 2. The van der Waals surface area contributed by atoms with E-state index in [0.717, 1.165) is 0 Å². The Balaban J connectivity index is 2.85. The smallest absolute Gasteiger partial charge is 0.224 e. The summed E-state index contributed by atoms with van der Waals surface area (Å²) in [6.07, 6.45) is 1.45. The number of methoxy groups -OCH3 is 1. The highest BCUT2D eigenvalue weighted by atomic mass is 35.5. The Morgan fingerprint density at radius 1 is 1.56 bits per heavy atom. The normalized spacial score (nSPS) is 10.4. The van der Waals surface area contributed by atoms with Crippen LogP contribution < -0.4 is 10.6 Å². The number of nitrogen functional groups attached to an aromatic ring is 1. The van der Waals surface area contributed by atoms with Crippen molar-refractivity contribution in [1.82, 2.24) is 9.97 Å². The van der Waals surface area contributed by atoms with Gasteiger partial charge in [0.05, 0.1) is 25.1 Å². The quantitative estimate of drug-likeness (QED) is 0.696. The predicted octanol–water partition coefficient (Wildman–Crippen LogP) is 0.157. The van der Waals surface area contributed by atoms with Crippen molar-refractivity contribution < 1.29 is 9.84 Å². The number of halogens is 1. The Morgan fingerprint density at radius 2 is 2.31 bits per heavy atom. The molecule has 0 fully saturated rings. The first-order valence-corrected chi connectivity index (χ1v) is 5.19. The van der Waals surface area contributed by atoms with Crippen LogP contribution in [0.4, 0.5) is 11.5 Å². The highest BCUT2D eigenvalue weighted by molar-refractivity contribution is 6.28. The van der Waals surface area contributed by atoms with Gasteiger partial charge in [-0.15, -0.1) is 0 Å². The number of anilines is 2. The average molecular weight is 247 g/mol. The molecule has 0 saturated carbocycles. The summed E-state index contributed by atoms with van der Waals surface area (Å²) in [6, 6.07) is 0. The van der Waals surface area contributed by atoms with Crippen molar-refractivity contribution in [1.29, 1.82) is 0 Å². The summed E-state index contributed by atoms with van der Waals surface area (Å²) in [4.78, 5) is 9.60. The van der Waals surface area contributed by atoms with E-state index in [-0.39, 0.29) is 11.9 Å². The topological polar surface area (TPSA) is 84.5 Å². The molecule has 90 valence electrons. The van der Waals surface area contributed by atoms with Gasteiger partial charge in [0.2, 0.25) is 5.28 Å². The van der Waals surface area contributed by atoms with Gasteiger partial charge < -0.3 is 20.5 Å². The van der Waals surface area contributed by atoms with Crippen LogP contribution in [-0.2, 0) is 4.74 Å². The van der Waals surface area contributed by atoms with E-state index in [9.17, 15) is 0 Å². The van der Waals surface area contributed by atoms with Crippen LogP contribution in [0, 0.1) is 0 Å². The van der Waals surface area contributed by atoms with E-state index in [1.807, 2.05) is 0 Å². The number of nitrogens with zero attached hydrogens (tertiary/aromatic N) is 3. The van der Waals surface area contributed by atoms with Gasteiger partial charge in [-0.3, -0.25) is 0 Å². The zero-order valence-electron chi connectivity index (χ0n) is 9.06. The van der Waals surface area contributed by atoms with Crippen molar-refractivity contribution >= 4 is 23.1 Å². The third-order valence-corrected chi connectivity index (χ3v) is 2.18. The van der Waals surface area contributed by atoms with Crippen LogP contribution in [0.3, 0.4) is 0 Å². The number of aliphatic hydroxyl groups excluding tert-OH is 1. The fraction of sp³-hybridized carbons (Fsp3) is 0.556. The van der Waals surface area contributed by atoms with E-state index >= 15 is 0 Å². The highest BCUT2D eigenvalue weighted by Gasteiger charge is 2.12. The minimum atomic E-state index is 0.00474. The maximum atomic E-state index is 8.96. The van der Waals surface area contributed by atoms with E-state index < -0.39 is 0 Å².